The molecule has 0 saturated carbocycles. The predicted molar refractivity (Wildman–Crippen MR) is 150 cm³/mol. The molecule has 4 aromatic rings. The van der Waals surface area contributed by atoms with Gasteiger partial charge in [0, 0.05) is 65.1 Å². The molecule has 0 fully saturated rings. The molecule has 0 spiro atoms. The van der Waals surface area contributed by atoms with Gasteiger partial charge in [-0.1, -0.05) is 56.0 Å². The number of aromatic nitrogens is 4. The zero-order valence-corrected chi connectivity index (χ0v) is 23.5. The quantitative estimate of drug-likeness (QED) is 0.233. The standard InChI is InChI=1S/C29H39N5O2Si/c1-22-14-24(15-25-19-33(31-28(22)25)21-36-12-13-37(2,3)4)16-27(35)29-30-17-26-20-32(10-11-34(26)29)18-23-8-6-5-7-9-23/h5-9,14-15,17,19,27,35H,10-13,16,18,20-21H2,1-4H3. The Balaban J connectivity index is 1.23. The molecule has 3 heterocycles. The second-order valence-electron chi connectivity index (χ2n) is 11.5. The average Bonchev–Trinajstić information content (AvgIpc) is 3.46. The van der Waals surface area contributed by atoms with Crippen LogP contribution in [0.25, 0.3) is 10.9 Å². The lowest BCUT2D eigenvalue weighted by Crippen LogP contribution is -2.34. The highest BCUT2D eigenvalue weighted by Crippen LogP contribution is 2.26. The van der Waals surface area contributed by atoms with Gasteiger partial charge in [0.1, 0.15) is 18.7 Å². The van der Waals surface area contributed by atoms with Gasteiger partial charge in [-0.2, -0.15) is 5.10 Å². The largest absolute Gasteiger partial charge is 0.385 e. The summed E-state index contributed by atoms with van der Waals surface area (Å²) < 4.78 is 9.97. The molecule has 5 rings (SSSR count). The van der Waals surface area contributed by atoms with E-state index in [1.54, 1.807) is 0 Å². The number of aliphatic hydroxyl groups is 1. The maximum absolute atomic E-state index is 11.2. The first-order valence-corrected chi connectivity index (χ1v) is 17.0. The highest BCUT2D eigenvalue weighted by molar-refractivity contribution is 6.76. The molecule has 2 aromatic heterocycles. The number of benzene rings is 2. The van der Waals surface area contributed by atoms with Gasteiger partial charge in [0.2, 0.25) is 0 Å². The number of aliphatic hydroxyl groups excluding tert-OH is 1. The molecule has 0 radical (unpaired) electrons. The van der Waals surface area contributed by atoms with Crippen molar-refractivity contribution in [1.82, 2.24) is 24.2 Å². The van der Waals surface area contributed by atoms with Crippen molar-refractivity contribution in [1.29, 1.82) is 0 Å². The van der Waals surface area contributed by atoms with Crippen LogP contribution in [-0.4, -0.2) is 50.6 Å². The Labute approximate surface area is 220 Å². The van der Waals surface area contributed by atoms with Crippen molar-refractivity contribution in [3.05, 3.63) is 83.1 Å². The Morgan fingerprint density at radius 1 is 1.08 bits per heavy atom. The van der Waals surface area contributed by atoms with Crippen molar-refractivity contribution < 1.29 is 9.84 Å². The monoisotopic (exact) mass is 517 g/mol. The molecule has 2 aromatic carbocycles. The van der Waals surface area contributed by atoms with Crippen LogP contribution >= 0.6 is 0 Å². The van der Waals surface area contributed by atoms with Gasteiger partial charge < -0.3 is 14.4 Å². The summed E-state index contributed by atoms with van der Waals surface area (Å²) >= 11 is 0. The van der Waals surface area contributed by atoms with Crippen LogP contribution in [0.1, 0.15) is 34.3 Å². The Bertz CT molecular complexity index is 1340. The number of hydrogen-bond acceptors (Lipinski definition) is 5. The molecular formula is C29H39N5O2Si. The number of rotatable bonds is 10. The van der Waals surface area contributed by atoms with E-state index in [4.69, 9.17) is 9.84 Å². The van der Waals surface area contributed by atoms with Gasteiger partial charge in [0.05, 0.1) is 11.2 Å². The summed E-state index contributed by atoms with van der Waals surface area (Å²) in [5.74, 6) is 0.763. The molecule has 1 aliphatic rings. The smallest absolute Gasteiger partial charge is 0.139 e. The van der Waals surface area contributed by atoms with E-state index in [9.17, 15) is 5.11 Å². The first-order valence-electron chi connectivity index (χ1n) is 13.3. The third kappa shape index (κ3) is 6.38. The molecular weight excluding hydrogens is 478 g/mol. The molecule has 1 aliphatic heterocycles. The van der Waals surface area contributed by atoms with Gasteiger partial charge in [-0.05, 0) is 35.7 Å². The molecule has 0 amide bonds. The zero-order chi connectivity index (χ0) is 26.0. The van der Waals surface area contributed by atoms with Crippen LogP contribution in [0, 0.1) is 6.92 Å². The Morgan fingerprint density at radius 2 is 1.89 bits per heavy atom. The van der Waals surface area contributed by atoms with Gasteiger partial charge >= 0.3 is 0 Å². The van der Waals surface area contributed by atoms with Crippen molar-refractivity contribution >= 4 is 19.0 Å². The van der Waals surface area contributed by atoms with Crippen molar-refractivity contribution in [2.75, 3.05) is 13.2 Å². The Morgan fingerprint density at radius 3 is 2.68 bits per heavy atom. The summed E-state index contributed by atoms with van der Waals surface area (Å²) in [5.41, 5.74) is 5.68. The molecule has 0 saturated heterocycles. The molecule has 7 nitrogen and oxygen atoms in total. The van der Waals surface area contributed by atoms with Gasteiger partial charge in [-0.15, -0.1) is 0 Å². The number of aryl methyl sites for hydroxylation is 1. The minimum atomic E-state index is -1.10. The summed E-state index contributed by atoms with van der Waals surface area (Å²) in [6, 6.07) is 16.0. The fourth-order valence-electron chi connectivity index (χ4n) is 5.08. The molecule has 1 atom stereocenters. The molecule has 1 N–H and O–H groups in total. The van der Waals surface area contributed by atoms with E-state index >= 15 is 0 Å². The highest BCUT2D eigenvalue weighted by Gasteiger charge is 2.24. The fourth-order valence-corrected chi connectivity index (χ4v) is 5.83. The maximum atomic E-state index is 11.2. The van der Waals surface area contributed by atoms with Gasteiger partial charge in [0.15, 0.2) is 0 Å². The molecule has 8 heteroatoms. The van der Waals surface area contributed by atoms with Crippen molar-refractivity contribution in [2.45, 2.75) is 71.5 Å². The SMILES string of the molecule is Cc1cc(CC(O)c2ncc3n2CCN(Cc2ccccc2)C3)cc2cn(COCC[Si](C)(C)C)nc12. The van der Waals surface area contributed by atoms with Crippen molar-refractivity contribution in [3.8, 4) is 0 Å². The minimum Gasteiger partial charge on any atom is -0.385 e. The van der Waals surface area contributed by atoms with E-state index in [1.807, 2.05) is 17.1 Å². The lowest BCUT2D eigenvalue weighted by atomic mass is 10.0. The van der Waals surface area contributed by atoms with Gasteiger partial charge in [0.25, 0.3) is 0 Å². The Hall–Kier alpha value is -2.78. The third-order valence-electron chi connectivity index (χ3n) is 7.10. The summed E-state index contributed by atoms with van der Waals surface area (Å²) in [5, 5.41) is 17.0. The Kier molecular flexibility index (Phi) is 7.62. The van der Waals surface area contributed by atoms with Crippen LogP contribution in [0.4, 0.5) is 0 Å². The van der Waals surface area contributed by atoms with Gasteiger partial charge in [-0.3, -0.25) is 4.90 Å². The zero-order valence-electron chi connectivity index (χ0n) is 22.5. The van der Waals surface area contributed by atoms with Crippen LogP contribution in [0.2, 0.25) is 25.7 Å². The maximum Gasteiger partial charge on any atom is 0.139 e. The molecule has 1 unspecified atom stereocenters. The molecule has 196 valence electrons. The number of nitrogens with zero attached hydrogens (tertiary/aromatic N) is 5. The number of fused-ring (bicyclic) bond motifs is 2. The number of imidazole rings is 1. The summed E-state index contributed by atoms with van der Waals surface area (Å²) in [4.78, 5) is 7.08. The molecule has 0 bridgehead atoms. The first-order chi connectivity index (χ1) is 17.7. The fraction of sp³-hybridized carbons (Fsp3) is 0.448. The van der Waals surface area contributed by atoms with E-state index in [1.165, 1.54) is 11.3 Å². The third-order valence-corrected chi connectivity index (χ3v) is 8.80. The van der Waals surface area contributed by atoms with Crippen molar-refractivity contribution in [2.24, 2.45) is 0 Å². The summed E-state index contributed by atoms with van der Waals surface area (Å²) in [7, 11) is -1.10. The molecule has 37 heavy (non-hydrogen) atoms. The normalized spacial score (nSPS) is 15.3. The van der Waals surface area contributed by atoms with E-state index in [0.29, 0.717) is 13.2 Å². The van der Waals surface area contributed by atoms with Crippen molar-refractivity contribution in [3.63, 3.8) is 0 Å². The van der Waals surface area contributed by atoms with Crippen LogP contribution in [-0.2, 0) is 37.5 Å². The number of hydrogen-bond donors (Lipinski definition) is 1. The van der Waals surface area contributed by atoms with E-state index in [2.05, 4.69) is 83.5 Å². The van der Waals surface area contributed by atoms with Gasteiger partial charge in [-0.25, -0.2) is 9.67 Å². The summed E-state index contributed by atoms with van der Waals surface area (Å²) in [6.45, 7) is 14.0. The minimum absolute atomic E-state index is 0.470. The highest BCUT2D eigenvalue weighted by atomic mass is 28.3. The second kappa shape index (κ2) is 10.9. The van der Waals surface area contributed by atoms with Crippen LogP contribution in [0.5, 0.6) is 0 Å². The average molecular weight is 518 g/mol. The topological polar surface area (TPSA) is 68.3 Å². The molecule has 0 aliphatic carbocycles. The van der Waals surface area contributed by atoms with Crippen LogP contribution in [0.3, 0.4) is 0 Å². The lowest BCUT2D eigenvalue weighted by Gasteiger charge is -2.29. The summed E-state index contributed by atoms with van der Waals surface area (Å²) in [6.07, 6.45) is 3.85. The number of ether oxygens (including phenoxy) is 1. The first kappa shape index (κ1) is 25.8. The predicted octanol–water partition coefficient (Wildman–Crippen LogP) is 5.15. The second-order valence-corrected chi connectivity index (χ2v) is 17.2. The van der Waals surface area contributed by atoms with E-state index in [0.717, 1.165) is 66.7 Å². The van der Waals surface area contributed by atoms with E-state index < -0.39 is 14.2 Å². The van der Waals surface area contributed by atoms with E-state index in [-0.39, 0.29) is 0 Å². The van der Waals surface area contributed by atoms with Crippen LogP contribution < -0.4 is 0 Å². The lowest BCUT2D eigenvalue weighted by molar-refractivity contribution is 0.0791. The van der Waals surface area contributed by atoms with Crippen LogP contribution in [0.15, 0.2) is 54.9 Å².